The molecule has 0 aliphatic carbocycles. The van der Waals surface area contributed by atoms with E-state index < -0.39 is 41.4 Å². The van der Waals surface area contributed by atoms with Crippen LogP contribution in [0.15, 0.2) is 24.8 Å². The maximum absolute atomic E-state index is 14.0. The minimum Gasteiger partial charge on any atom is -0.460 e. The van der Waals surface area contributed by atoms with Gasteiger partial charge in [-0.3, -0.25) is 9.59 Å². The molecule has 1 heterocycles. The molecular weight excluding hydrogens is 401 g/mol. The fourth-order valence-electron chi connectivity index (χ4n) is 3.31. The van der Waals surface area contributed by atoms with Gasteiger partial charge >= 0.3 is 5.97 Å². The monoisotopic (exact) mass is 426 g/mol. The van der Waals surface area contributed by atoms with Gasteiger partial charge in [0.2, 0.25) is 11.8 Å². The van der Waals surface area contributed by atoms with E-state index in [0.717, 1.165) is 6.07 Å². The Labute approximate surface area is 173 Å². The lowest BCUT2D eigenvalue weighted by atomic mass is 10.0. The molecule has 2 atom stereocenters. The molecule has 0 saturated carbocycles. The summed E-state index contributed by atoms with van der Waals surface area (Å²) < 4.78 is 45.9. The summed E-state index contributed by atoms with van der Waals surface area (Å²) >= 11 is 0. The second-order valence-corrected chi connectivity index (χ2v) is 7.49. The Morgan fingerprint density at radius 2 is 2.03 bits per heavy atom. The van der Waals surface area contributed by atoms with Crippen molar-refractivity contribution >= 4 is 17.8 Å². The summed E-state index contributed by atoms with van der Waals surface area (Å²) in [7, 11) is 0. The lowest BCUT2D eigenvalue weighted by molar-refractivity contribution is -0.148. The number of ether oxygens (including phenoxy) is 1. The van der Waals surface area contributed by atoms with E-state index in [1.54, 1.807) is 13.8 Å². The third-order valence-corrected chi connectivity index (χ3v) is 4.86. The largest absolute Gasteiger partial charge is 0.460 e. The first-order chi connectivity index (χ1) is 14.1. The summed E-state index contributed by atoms with van der Waals surface area (Å²) in [6, 6.07) is -0.212. The highest BCUT2D eigenvalue weighted by atomic mass is 19.2. The highest BCUT2D eigenvalue weighted by Crippen LogP contribution is 2.26. The Morgan fingerprint density at radius 1 is 1.33 bits per heavy atom. The molecule has 0 spiro atoms. The van der Waals surface area contributed by atoms with E-state index in [1.165, 1.54) is 11.0 Å². The van der Waals surface area contributed by atoms with Crippen LogP contribution in [0.25, 0.3) is 0 Å². The second kappa shape index (κ2) is 10.3. The second-order valence-electron chi connectivity index (χ2n) is 7.49. The van der Waals surface area contributed by atoms with Crippen LogP contribution in [0, 0.1) is 23.4 Å². The summed E-state index contributed by atoms with van der Waals surface area (Å²) in [6.07, 6.45) is 1.74. The van der Waals surface area contributed by atoms with Gasteiger partial charge < -0.3 is 15.0 Å². The molecule has 1 aromatic carbocycles. The molecule has 0 radical (unpaired) electrons. The van der Waals surface area contributed by atoms with Crippen LogP contribution in [0.2, 0.25) is 0 Å². The maximum Gasteiger partial charge on any atom is 0.329 e. The minimum atomic E-state index is -1.34. The summed E-state index contributed by atoms with van der Waals surface area (Å²) in [5.41, 5.74) is -0.304. The van der Waals surface area contributed by atoms with Crippen molar-refractivity contribution in [2.24, 2.45) is 5.92 Å². The number of rotatable bonds is 9. The van der Waals surface area contributed by atoms with Gasteiger partial charge in [0, 0.05) is 37.1 Å². The zero-order chi connectivity index (χ0) is 22.4. The number of carbonyl (C=O) groups excluding carboxylic acids is 3. The minimum absolute atomic E-state index is 0.0125. The number of likely N-dealkylation sites (tertiary alicyclic amines) is 1. The average Bonchev–Trinajstić information content (AvgIpc) is 3.01. The Hall–Kier alpha value is -2.84. The molecule has 0 aromatic heterocycles. The zero-order valence-corrected chi connectivity index (χ0v) is 16.9. The van der Waals surface area contributed by atoms with Gasteiger partial charge in [-0.25, -0.2) is 18.0 Å². The lowest BCUT2D eigenvalue weighted by Crippen LogP contribution is -2.47. The van der Waals surface area contributed by atoms with Crippen LogP contribution in [0.1, 0.15) is 38.7 Å². The van der Waals surface area contributed by atoms with Crippen molar-refractivity contribution in [3.05, 3.63) is 47.8 Å². The first kappa shape index (κ1) is 23.4. The Morgan fingerprint density at radius 3 is 2.67 bits per heavy atom. The van der Waals surface area contributed by atoms with Crippen LogP contribution in [-0.2, 0) is 25.7 Å². The third-order valence-electron chi connectivity index (χ3n) is 4.86. The van der Waals surface area contributed by atoms with Gasteiger partial charge in [-0.15, -0.1) is 0 Å². The van der Waals surface area contributed by atoms with E-state index in [9.17, 15) is 27.6 Å². The molecule has 1 aromatic rings. The fraction of sp³-hybridized carbons (Fsp3) is 0.476. The van der Waals surface area contributed by atoms with Crippen molar-refractivity contribution in [2.45, 2.75) is 51.7 Å². The molecule has 9 heteroatoms. The molecule has 0 bridgehead atoms. The number of hydrogen-bond acceptors (Lipinski definition) is 4. The highest BCUT2D eigenvalue weighted by molar-refractivity contribution is 5.86. The molecule has 6 nitrogen and oxygen atoms in total. The summed E-state index contributed by atoms with van der Waals surface area (Å²) in [5, 5.41) is 2.60. The van der Waals surface area contributed by atoms with Crippen molar-refractivity contribution in [1.29, 1.82) is 0 Å². The van der Waals surface area contributed by atoms with Crippen molar-refractivity contribution in [3.63, 3.8) is 0 Å². The van der Waals surface area contributed by atoms with Crippen LogP contribution in [0.5, 0.6) is 0 Å². The number of hydrogen-bond donors (Lipinski definition) is 1. The number of carbonyl (C=O) groups is 3. The van der Waals surface area contributed by atoms with Gasteiger partial charge in [0.05, 0.1) is 0 Å². The molecule has 2 amide bonds. The van der Waals surface area contributed by atoms with Crippen molar-refractivity contribution < 1.29 is 32.3 Å². The highest BCUT2D eigenvalue weighted by Gasteiger charge is 2.34. The fourth-order valence-corrected chi connectivity index (χ4v) is 3.31. The Kier molecular flexibility index (Phi) is 8.02. The van der Waals surface area contributed by atoms with E-state index in [0.29, 0.717) is 12.5 Å². The SMILES string of the molecule is C=CCOC(=O)[C@@H](NC(=O)C[C@@H]1CCC(=O)N1Cc1cc(F)cc(F)c1F)C(C)C. The van der Waals surface area contributed by atoms with Gasteiger partial charge in [-0.05, 0) is 18.4 Å². The van der Waals surface area contributed by atoms with E-state index in [-0.39, 0.29) is 43.4 Å². The summed E-state index contributed by atoms with van der Waals surface area (Å²) in [6.45, 7) is 6.60. The predicted molar refractivity (Wildman–Crippen MR) is 102 cm³/mol. The molecule has 2 rings (SSSR count). The topological polar surface area (TPSA) is 75.7 Å². The van der Waals surface area contributed by atoms with Crippen molar-refractivity contribution in [1.82, 2.24) is 10.2 Å². The molecule has 1 saturated heterocycles. The molecule has 30 heavy (non-hydrogen) atoms. The van der Waals surface area contributed by atoms with E-state index in [2.05, 4.69) is 11.9 Å². The Balaban J connectivity index is 2.07. The smallest absolute Gasteiger partial charge is 0.329 e. The van der Waals surface area contributed by atoms with Gasteiger partial charge in [0.25, 0.3) is 0 Å². The van der Waals surface area contributed by atoms with Gasteiger partial charge in [0.1, 0.15) is 18.5 Å². The van der Waals surface area contributed by atoms with Crippen LogP contribution >= 0.6 is 0 Å². The average molecular weight is 426 g/mol. The number of benzene rings is 1. The first-order valence-electron chi connectivity index (χ1n) is 9.63. The van der Waals surface area contributed by atoms with E-state index in [4.69, 9.17) is 4.74 Å². The number of nitrogens with zero attached hydrogens (tertiary/aromatic N) is 1. The molecule has 1 fully saturated rings. The zero-order valence-electron chi connectivity index (χ0n) is 16.9. The lowest BCUT2D eigenvalue weighted by Gasteiger charge is -2.26. The van der Waals surface area contributed by atoms with E-state index >= 15 is 0 Å². The van der Waals surface area contributed by atoms with Gasteiger partial charge in [-0.2, -0.15) is 0 Å². The molecule has 164 valence electrons. The Bertz CT molecular complexity index is 829. The van der Waals surface area contributed by atoms with Gasteiger partial charge in [0.15, 0.2) is 11.6 Å². The van der Waals surface area contributed by atoms with Crippen LogP contribution in [0.4, 0.5) is 13.2 Å². The van der Waals surface area contributed by atoms with E-state index in [1.807, 2.05) is 0 Å². The number of halogens is 3. The first-order valence-corrected chi connectivity index (χ1v) is 9.63. The summed E-state index contributed by atoms with van der Waals surface area (Å²) in [5.74, 6) is -5.20. The molecule has 0 unspecified atom stereocenters. The molecule has 1 aliphatic rings. The normalized spacial score (nSPS) is 17.2. The molecule has 1 aliphatic heterocycles. The number of esters is 1. The summed E-state index contributed by atoms with van der Waals surface area (Å²) in [4.78, 5) is 38.1. The third kappa shape index (κ3) is 5.84. The predicted octanol–water partition coefficient (Wildman–Crippen LogP) is 2.86. The molecule has 1 N–H and O–H groups in total. The van der Waals surface area contributed by atoms with Crippen molar-refractivity contribution in [3.8, 4) is 0 Å². The van der Waals surface area contributed by atoms with Gasteiger partial charge in [-0.1, -0.05) is 26.5 Å². The van der Waals surface area contributed by atoms with Crippen molar-refractivity contribution in [2.75, 3.05) is 6.61 Å². The van der Waals surface area contributed by atoms with Crippen LogP contribution < -0.4 is 5.32 Å². The standard InChI is InChI=1S/C21H25F3N2O4/c1-4-7-30-21(29)20(12(2)3)25-17(27)10-15-5-6-18(28)26(15)11-13-8-14(22)9-16(23)19(13)24/h4,8-9,12,15,20H,1,5-7,10-11H2,2-3H3,(H,25,27)/t15-,20-/m0/s1. The maximum atomic E-state index is 14.0. The number of amides is 2. The van der Waals surface area contributed by atoms with Crippen LogP contribution in [0.3, 0.4) is 0 Å². The van der Waals surface area contributed by atoms with Crippen LogP contribution in [-0.4, -0.2) is 41.4 Å². The quantitative estimate of drug-likeness (QED) is 0.374. The number of nitrogens with one attached hydrogen (secondary N) is 1. The molecular formula is C21H25F3N2O4.